The SMILES string of the molecule is CCCCCCCCCCC(CCC)CC(CCCC)C(F)(F)F. The van der Waals surface area contributed by atoms with E-state index >= 15 is 0 Å². The molecule has 0 aromatic heterocycles. The summed E-state index contributed by atoms with van der Waals surface area (Å²) in [5, 5.41) is 0. The van der Waals surface area contributed by atoms with Gasteiger partial charge in [0.25, 0.3) is 0 Å². The topological polar surface area (TPSA) is 0 Å². The number of hydrogen-bond donors (Lipinski definition) is 0. The van der Waals surface area contributed by atoms with Gasteiger partial charge in [-0.15, -0.1) is 0 Å². The molecular formula is C21H41F3. The van der Waals surface area contributed by atoms with Gasteiger partial charge < -0.3 is 0 Å². The van der Waals surface area contributed by atoms with Crippen molar-refractivity contribution in [3.63, 3.8) is 0 Å². The Morgan fingerprint density at radius 2 is 1.12 bits per heavy atom. The fraction of sp³-hybridized carbons (Fsp3) is 1.00. The molecule has 3 heteroatoms. The van der Waals surface area contributed by atoms with E-state index in [2.05, 4.69) is 13.8 Å². The molecule has 0 radical (unpaired) electrons. The lowest BCUT2D eigenvalue weighted by molar-refractivity contribution is -0.181. The molecule has 0 N–H and O–H groups in total. The molecule has 0 fully saturated rings. The second kappa shape index (κ2) is 15.1. The summed E-state index contributed by atoms with van der Waals surface area (Å²) < 4.78 is 39.7. The summed E-state index contributed by atoms with van der Waals surface area (Å²) in [5.41, 5.74) is 0. The fourth-order valence-electron chi connectivity index (χ4n) is 3.62. The first-order valence-corrected chi connectivity index (χ1v) is 10.5. The van der Waals surface area contributed by atoms with Gasteiger partial charge in [0, 0.05) is 0 Å². The third-order valence-electron chi connectivity index (χ3n) is 5.15. The highest BCUT2D eigenvalue weighted by Gasteiger charge is 2.39. The van der Waals surface area contributed by atoms with Crippen LogP contribution in [-0.4, -0.2) is 6.18 Å². The van der Waals surface area contributed by atoms with Crippen molar-refractivity contribution in [1.82, 2.24) is 0 Å². The minimum Gasteiger partial charge on any atom is -0.171 e. The fourth-order valence-corrected chi connectivity index (χ4v) is 3.62. The van der Waals surface area contributed by atoms with E-state index in [1.807, 2.05) is 6.92 Å². The average Bonchev–Trinajstić information content (AvgIpc) is 2.52. The quantitative estimate of drug-likeness (QED) is 0.244. The monoisotopic (exact) mass is 350 g/mol. The van der Waals surface area contributed by atoms with Crippen molar-refractivity contribution in [2.24, 2.45) is 11.8 Å². The lowest BCUT2D eigenvalue weighted by Crippen LogP contribution is -2.25. The molecule has 2 unspecified atom stereocenters. The molecule has 0 rings (SSSR count). The van der Waals surface area contributed by atoms with Crippen molar-refractivity contribution >= 4 is 0 Å². The third kappa shape index (κ3) is 13.1. The van der Waals surface area contributed by atoms with E-state index in [0.717, 1.165) is 32.1 Å². The minimum atomic E-state index is -4.01. The standard InChI is InChI=1S/C21H41F3/c1-4-7-9-10-11-12-13-14-16-19(15-6-3)18-20(17-8-5-2)21(22,23)24/h19-20H,4-18H2,1-3H3. The largest absolute Gasteiger partial charge is 0.391 e. The maximum absolute atomic E-state index is 13.2. The van der Waals surface area contributed by atoms with Crippen LogP contribution in [0.4, 0.5) is 13.2 Å². The van der Waals surface area contributed by atoms with E-state index in [1.54, 1.807) is 0 Å². The van der Waals surface area contributed by atoms with Crippen LogP contribution in [0.3, 0.4) is 0 Å². The van der Waals surface area contributed by atoms with Gasteiger partial charge in [-0.1, -0.05) is 104 Å². The Morgan fingerprint density at radius 3 is 1.62 bits per heavy atom. The van der Waals surface area contributed by atoms with E-state index < -0.39 is 12.1 Å². The van der Waals surface area contributed by atoms with Crippen LogP contribution >= 0.6 is 0 Å². The van der Waals surface area contributed by atoms with Crippen LogP contribution in [0.5, 0.6) is 0 Å². The molecule has 0 aromatic rings. The van der Waals surface area contributed by atoms with Gasteiger partial charge in [-0.3, -0.25) is 0 Å². The molecule has 0 spiro atoms. The molecule has 0 amide bonds. The predicted octanol–water partition coefficient (Wildman–Crippen LogP) is 8.69. The van der Waals surface area contributed by atoms with E-state index in [4.69, 9.17) is 0 Å². The summed E-state index contributed by atoms with van der Waals surface area (Å²) >= 11 is 0. The molecule has 0 saturated heterocycles. The van der Waals surface area contributed by atoms with Gasteiger partial charge in [-0.05, 0) is 18.8 Å². The maximum atomic E-state index is 13.2. The molecule has 24 heavy (non-hydrogen) atoms. The second-order valence-electron chi connectivity index (χ2n) is 7.53. The van der Waals surface area contributed by atoms with Gasteiger partial charge in [-0.2, -0.15) is 13.2 Å². The van der Waals surface area contributed by atoms with Crippen LogP contribution in [0, 0.1) is 11.8 Å². The molecule has 0 saturated carbocycles. The van der Waals surface area contributed by atoms with Crippen molar-refractivity contribution in [3.05, 3.63) is 0 Å². The number of alkyl halides is 3. The highest BCUT2D eigenvalue weighted by molar-refractivity contribution is 4.73. The lowest BCUT2D eigenvalue weighted by atomic mass is 9.84. The Morgan fingerprint density at radius 1 is 0.583 bits per heavy atom. The third-order valence-corrected chi connectivity index (χ3v) is 5.15. The van der Waals surface area contributed by atoms with Crippen LogP contribution in [0.1, 0.15) is 117 Å². The first-order chi connectivity index (χ1) is 11.5. The van der Waals surface area contributed by atoms with Crippen LogP contribution in [0.2, 0.25) is 0 Å². The molecular weight excluding hydrogens is 309 g/mol. The molecule has 0 heterocycles. The first kappa shape index (κ1) is 23.8. The van der Waals surface area contributed by atoms with Gasteiger partial charge in [0.05, 0.1) is 5.92 Å². The molecule has 0 aliphatic heterocycles. The minimum absolute atomic E-state index is 0.263. The normalized spacial score (nSPS) is 14.8. The Bertz CT molecular complexity index is 260. The summed E-state index contributed by atoms with van der Waals surface area (Å²) in [6.07, 6.45) is 11.2. The van der Waals surface area contributed by atoms with Gasteiger partial charge in [0.1, 0.15) is 0 Å². The van der Waals surface area contributed by atoms with Crippen LogP contribution < -0.4 is 0 Å². The van der Waals surface area contributed by atoms with Gasteiger partial charge >= 0.3 is 6.18 Å². The van der Waals surface area contributed by atoms with Crippen molar-refractivity contribution < 1.29 is 13.2 Å². The molecule has 146 valence electrons. The Labute approximate surface area is 149 Å². The molecule has 0 aromatic carbocycles. The predicted molar refractivity (Wildman–Crippen MR) is 99.3 cm³/mol. The molecule has 0 aliphatic carbocycles. The van der Waals surface area contributed by atoms with Crippen LogP contribution in [0.25, 0.3) is 0 Å². The van der Waals surface area contributed by atoms with E-state index in [-0.39, 0.29) is 5.92 Å². The number of unbranched alkanes of at least 4 members (excludes halogenated alkanes) is 8. The molecule has 0 nitrogen and oxygen atoms in total. The number of halogens is 3. The molecule has 0 aliphatic rings. The van der Waals surface area contributed by atoms with Gasteiger partial charge in [-0.25, -0.2) is 0 Å². The first-order valence-electron chi connectivity index (χ1n) is 10.5. The zero-order chi connectivity index (χ0) is 18.3. The second-order valence-corrected chi connectivity index (χ2v) is 7.53. The van der Waals surface area contributed by atoms with E-state index in [9.17, 15) is 13.2 Å². The summed E-state index contributed by atoms with van der Waals surface area (Å²) in [6, 6.07) is 0. The Hall–Kier alpha value is -0.210. The maximum Gasteiger partial charge on any atom is 0.391 e. The van der Waals surface area contributed by atoms with Crippen molar-refractivity contribution in [2.45, 2.75) is 123 Å². The highest BCUT2D eigenvalue weighted by atomic mass is 19.4. The summed E-state index contributed by atoms with van der Waals surface area (Å²) in [4.78, 5) is 0. The zero-order valence-corrected chi connectivity index (χ0v) is 16.4. The lowest BCUT2D eigenvalue weighted by Gasteiger charge is -2.25. The Balaban J connectivity index is 4.08. The summed E-state index contributed by atoms with van der Waals surface area (Å²) in [6.45, 7) is 6.29. The Kier molecular flexibility index (Phi) is 14.9. The van der Waals surface area contributed by atoms with E-state index in [1.165, 1.54) is 44.9 Å². The average molecular weight is 351 g/mol. The zero-order valence-electron chi connectivity index (χ0n) is 16.4. The number of hydrogen-bond acceptors (Lipinski definition) is 0. The van der Waals surface area contributed by atoms with Gasteiger partial charge in [0.15, 0.2) is 0 Å². The van der Waals surface area contributed by atoms with Crippen molar-refractivity contribution in [2.75, 3.05) is 0 Å². The van der Waals surface area contributed by atoms with Crippen LogP contribution in [0.15, 0.2) is 0 Å². The van der Waals surface area contributed by atoms with E-state index in [0.29, 0.717) is 19.3 Å². The highest BCUT2D eigenvalue weighted by Crippen LogP contribution is 2.37. The molecule has 2 atom stereocenters. The van der Waals surface area contributed by atoms with Crippen LogP contribution in [-0.2, 0) is 0 Å². The van der Waals surface area contributed by atoms with Crippen molar-refractivity contribution in [1.29, 1.82) is 0 Å². The summed E-state index contributed by atoms with van der Waals surface area (Å²) in [7, 11) is 0. The van der Waals surface area contributed by atoms with Crippen molar-refractivity contribution in [3.8, 4) is 0 Å². The number of rotatable bonds is 16. The van der Waals surface area contributed by atoms with Gasteiger partial charge in [0.2, 0.25) is 0 Å². The molecule has 0 bridgehead atoms. The smallest absolute Gasteiger partial charge is 0.171 e. The summed E-state index contributed by atoms with van der Waals surface area (Å²) in [5.74, 6) is -0.818.